The van der Waals surface area contributed by atoms with E-state index in [0.29, 0.717) is 0 Å². The first-order valence-electron chi connectivity index (χ1n) is 5.32. The van der Waals surface area contributed by atoms with Crippen LogP contribution in [0.5, 0.6) is 0 Å². The fourth-order valence-electron chi connectivity index (χ4n) is 1.95. The molecule has 1 aromatic heterocycles. The van der Waals surface area contributed by atoms with E-state index in [1.807, 2.05) is 24.0 Å². The third-order valence-electron chi connectivity index (χ3n) is 2.86. The van der Waals surface area contributed by atoms with Crippen LogP contribution in [0.1, 0.15) is 0 Å². The smallest absolute Gasteiger partial charge is 0.0685 e. The third kappa shape index (κ3) is 1.39. The van der Waals surface area contributed by atoms with Crippen LogP contribution in [0.4, 0.5) is 0 Å². The van der Waals surface area contributed by atoms with Crippen molar-refractivity contribution < 1.29 is 0 Å². The maximum Gasteiger partial charge on any atom is 0.0685 e. The average molecular weight is 208 g/mol. The molecule has 0 aliphatic rings. The highest BCUT2D eigenvalue weighted by molar-refractivity contribution is 5.84. The van der Waals surface area contributed by atoms with Gasteiger partial charge < -0.3 is 0 Å². The van der Waals surface area contributed by atoms with Gasteiger partial charge in [0.05, 0.1) is 11.7 Å². The second kappa shape index (κ2) is 3.49. The lowest BCUT2D eigenvalue weighted by Crippen LogP contribution is -1.88. The molecule has 0 aliphatic heterocycles. The Balaban J connectivity index is 2.22. The summed E-state index contributed by atoms with van der Waals surface area (Å²) in [6.45, 7) is 0. The van der Waals surface area contributed by atoms with Gasteiger partial charge in [-0.05, 0) is 17.2 Å². The minimum absolute atomic E-state index is 1.17. The van der Waals surface area contributed by atoms with Crippen molar-refractivity contribution in [2.45, 2.75) is 0 Å². The van der Waals surface area contributed by atoms with Crippen LogP contribution in [0.3, 0.4) is 0 Å². The number of aromatic nitrogens is 2. The quantitative estimate of drug-likeness (QED) is 0.600. The van der Waals surface area contributed by atoms with Crippen LogP contribution < -0.4 is 0 Å². The van der Waals surface area contributed by atoms with Crippen LogP contribution in [0.15, 0.2) is 54.7 Å². The first kappa shape index (κ1) is 9.16. The lowest BCUT2D eigenvalue weighted by Gasteiger charge is -2.02. The molecule has 0 saturated heterocycles. The minimum atomic E-state index is 1.17. The molecule has 0 unspecified atom stereocenters. The van der Waals surface area contributed by atoms with E-state index in [4.69, 9.17) is 0 Å². The van der Waals surface area contributed by atoms with Gasteiger partial charge in [0.25, 0.3) is 0 Å². The molecule has 3 aromatic rings. The van der Waals surface area contributed by atoms with E-state index in [2.05, 4.69) is 47.6 Å². The molecule has 0 aliphatic carbocycles. The summed E-state index contributed by atoms with van der Waals surface area (Å²) in [5.41, 5.74) is 3.64. The van der Waals surface area contributed by atoms with Crippen molar-refractivity contribution in [1.29, 1.82) is 0 Å². The molecular weight excluding hydrogens is 196 g/mol. The Kier molecular flexibility index (Phi) is 2.00. The van der Waals surface area contributed by atoms with Gasteiger partial charge >= 0.3 is 0 Å². The van der Waals surface area contributed by atoms with Crippen molar-refractivity contribution >= 4 is 10.9 Å². The van der Waals surface area contributed by atoms with Gasteiger partial charge in [-0.1, -0.05) is 42.5 Å². The molecule has 0 bridgehead atoms. The van der Waals surface area contributed by atoms with Crippen LogP contribution in [0.2, 0.25) is 0 Å². The van der Waals surface area contributed by atoms with Crippen molar-refractivity contribution in [3.8, 4) is 11.1 Å². The van der Waals surface area contributed by atoms with Gasteiger partial charge in [0, 0.05) is 12.4 Å². The lowest BCUT2D eigenvalue weighted by atomic mass is 10.0. The molecule has 0 N–H and O–H groups in total. The summed E-state index contributed by atoms with van der Waals surface area (Å²) in [7, 11) is 1.97. The highest BCUT2D eigenvalue weighted by atomic mass is 15.2. The van der Waals surface area contributed by atoms with Gasteiger partial charge in [0.15, 0.2) is 0 Å². The molecule has 1 heterocycles. The minimum Gasteiger partial charge on any atom is -0.268 e. The van der Waals surface area contributed by atoms with Crippen LogP contribution >= 0.6 is 0 Å². The van der Waals surface area contributed by atoms with Gasteiger partial charge in [-0.25, -0.2) is 0 Å². The zero-order valence-corrected chi connectivity index (χ0v) is 9.09. The van der Waals surface area contributed by atoms with Gasteiger partial charge in [-0.2, -0.15) is 5.10 Å². The summed E-state index contributed by atoms with van der Waals surface area (Å²) >= 11 is 0. The Morgan fingerprint density at radius 2 is 1.75 bits per heavy atom. The lowest BCUT2D eigenvalue weighted by molar-refractivity contribution is 0.797. The van der Waals surface area contributed by atoms with Crippen molar-refractivity contribution in [2.75, 3.05) is 0 Å². The van der Waals surface area contributed by atoms with E-state index in [1.54, 1.807) is 0 Å². The number of hydrogen-bond acceptors (Lipinski definition) is 1. The predicted octanol–water partition coefficient (Wildman–Crippen LogP) is 3.24. The van der Waals surface area contributed by atoms with Crippen molar-refractivity contribution in [1.82, 2.24) is 9.78 Å². The molecule has 0 amide bonds. The van der Waals surface area contributed by atoms with Gasteiger partial charge in [-0.15, -0.1) is 0 Å². The topological polar surface area (TPSA) is 17.8 Å². The van der Waals surface area contributed by atoms with Crippen molar-refractivity contribution in [3.05, 3.63) is 54.7 Å². The second-order valence-electron chi connectivity index (χ2n) is 3.91. The molecule has 0 radical (unpaired) electrons. The molecule has 2 heteroatoms. The highest BCUT2D eigenvalue weighted by Crippen LogP contribution is 2.23. The highest BCUT2D eigenvalue weighted by Gasteiger charge is 2.02. The second-order valence-corrected chi connectivity index (χ2v) is 3.91. The predicted molar refractivity (Wildman–Crippen MR) is 66.2 cm³/mol. The Bertz CT molecular complexity index is 624. The molecule has 0 atom stereocenters. The van der Waals surface area contributed by atoms with Crippen LogP contribution in [0.25, 0.3) is 22.0 Å². The number of fused-ring (bicyclic) bond motifs is 1. The summed E-state index contributed by atoms with van der Waals surface area (Å²) in [4.78, 5) is 0. The van der Waals surface area contributed by atoms with Gasteiger partial charge in [-0.3, -0.25) is 4.68 Å². The molecule has 16 heavy (non-hydrogen) atoms. The van der Waals surface area contributed by atoms with Crippen LogP contribution in [0, 0.1) is 0 Å². The average Bonchev–Trinajstić information content (AvgIpc) is 2.72. The molecule has 0 spiro atoms. The molecule has 2 nitrogen and oxygen atoms in total. The van der Waals surface area contributed by atoms with Crippen LogP contribution in [-0.2, 0) is 7.05 Å². The molecule has 2 aromatic carbocycles. The molecular formula is C14H12N2. The Labute approximate surface area is 94.1 Å². The molecule has 78 valence electrons. The number of nitrogens with zero attached hydrogens (tertiary/aromatic N) is 2. The largest absolute Gasteiger partial charge is 0.268 e. The van der Waals surface area contributed by atoms with Crippen LogP contribution in [-0.4, -0.2) is 9.78 Å². The zero-order chi connectivity index (χ0) is 11.0. The number of aryl methyl sites for hydroxylation is 1. The van der Waals surface area contributed by atoms with Gasteiger partial charge in [0.2, 0.25) is 0 Å². The number of rotatable bonds is 1. The van der Waals surface area contributed by atoms with E-state index >= 15 is 0 Å². The molecule has 0 fully saturated rings. The normalized spacial score (nSPS) is 10.8. The monoisotopic (exact) mass is 208 g/mol. The first-order valence-corrected chi connectivity index (χ1v) is 5.32. The maximum absolute atomic E-state index is 4.25. The van der Waals surface area contributed by atoms with E-state index in [-0.39, 0.29) is 0 Å². The fourth-order valence-corrected chi connectivity index (χ4v) is 1.95. The number of hydrogen-bond donors (Lipinski definition) is 0. The van der Waals surface area contributed by atoms with E-state index in [1.165, 1.54) is 22.0 Å². The Morgan fingerprint density at radius 3 is 2.56 bits per heavy atom. The van der Waals surface area contributed by atoms with Crippen molar-refractivity contribution in [3.63, 3.8) is 0 Å². The Morgan fingerprint density at radius 1 is 0.938 bits per heavy atom. The van der Waals surface area contributed by atoms with Crippen molar-refractivity contribution in [2.24, 2.45) is 7.05 Å². The summed E-state index contributed by atoms with van der Waals surface area (Å²) in [5, 5.41) is 5.43. The SMILES string of the molecule is Cn1ncc2ccc(-c3ccccc3)cc21. The summed E-state index contributed by atoms with van der Waals surface area (Å²) < 4.78 is 1.90. The standard InChI is InChI=1S/C14H12N2/c1-16-14-9-12(7-8-13(14)10-15-16)11-5-3-2-4-6-11/h2-10H,1H3. The molecule has 0 saturated carbocycles. The summed E-state index contributed by atoms with van der Waals surface area (Å²) in [5.74, 6) is 0. The number of benzene rings is 2. The fraction of sp³-hybridized carbons (Fsp3) is 0.0714. The molecule has 3 rings (SSSR count). The van der Waals surface area contributed by atoms with E-state index < -0.39 is 0 Å². The first-order chi connectivity index (χ1) is 7.84. The third-order valence-corrected chi connectivity index (χ3v) is 2.86. The summed E-state index contributed by atoms with van der Waals surface area (Å²) in [6, 6.07) is 16.8. The summed E-state index contributed by atoms with van der Waals surface area (Å²) in [6.07, 6.45) is 1.89. The Hall–Kier alpha value is -2.09. The maximum atomic E-state index is 4.25. The van der Waals surface area contributed by atoms with E-state index in [0.717, 1.165) is 0 Å². The van der Waals surface area contributed by atoms with E-state index in [9.17, 15) is 0 Å². The zero-order valence-electron chi connectivity index (χ0n) is 9.09. The van der Waals surface area contributed by atoms with Gasteiger partial charge in [0.1, 0.15) is 0 Å².